The number of aromatic nitrogens is 3. The molecule has 0 saturated heterocycles. The van der Waals surface area contributed by atoms with Gasteiger partial charge in [0.05, 0.1) is 29.4 Å². The molecule has 8 nitrogen and oxygen atoms in total. The van der Waals surface area contributed by atoms with E-state index in [4.69, 9.17) is 21.6 Å². The van der Waals surface area contributed by atoms with Crippen molar-refractivity contribution in [2.24, 2.45) is 0 Å². The van der Waals surface area contributed by atoms with E-state index in [1.807, 2.05) is 19.1 Å². The third-order valence-corrected chi connectivity index (χ3v) is 5.19. The lowest BCUT2D eigenvalue weighted by atomic mass is 10.1. The number of ether oxygens (including phenoxy) is 1. The van der Waals surface area contributed by atoms with E-state index >= 15 is 0 Å². The summed E-state index contributed by atoms with van der Waals surface area (Å²) in [4.78, 5) is 28.1. The fourth-order valence-electron chi connectivity index (χ4n) is 2.67. The summed E-state index contributed by atoms with van der Waals surface area (Å²) < 4.78 is 6.59. The summed E-state index contributed by atoms with van der Waals surface area (Å²) in [5.74, 6) is -0.915. The van der Waals surface area contributed by atoms with Gasteiger partial charge < -0.3 is 10.1 Å². The van der Waals surface area contributed by atoms with Crippen LogP contribution in [-0.2, 0) is 11.3 Å². The maximum Gasteiger partial charge on any atom is 0.367 e. The summed E-state index contributed by atoms with van der Waals surface area (Å²) in [5.41, 5.74) is 2.08. The van der Waals surface area contributed by atoms with Crippen molar-refractivity contribution in [2.75, 3.05) is 6.61 Å². The number of carbonyl (C=O) groups is 2. The second kappa shape index (κ2) is 9.52. The Morgan fingerprint density at radius 2 is 2.20 bits per heavy atom. The maximum absolute atomic E-state index is 12.4. The molecule has 2 aromatic heterocycles. The molecule has 0 spiro atoms. The molecule has 1 amide bonds. The fourth-order valence-corrected chi connectivity index (χ4v) is 3.58. The average Bonchev–Trinajstić information content (AvgIpc) is 3.38. The minimum Gasteiger partial charge on any atom is -0.461 e. The highest BCUT2D eigenvalue weighted by Gasteiger charge is 2.18. The van der Waals surface area contributed by atoms with Gasteiger partial charge in [0.15, 0.2) is 0 Å². The number of hydrogen-bond donors (Lipinski definition) is 1. The van der Waals surface area contributed by atoms with Crippen LogP contribution in [0, 0.1) is 11.3 Å². The summed E-state index contributed by atoms with van der Waals surface area (Å²) >= 11 is 7.15. The Labute approximate surface area is 182 Å². The Kier molecular flexibility index (Phi) is 6.82. The molecule has 2 heterocycles. The van der Waals surface area contributed by atoms with Crippen LogP contribution in [-0.4, -0.2) is 39.3 Å². The van der Waals surface area contributed by atoms with E-state index in [1.54, 1.807) is 36.0 Å². The second-order valence-corrected chi connectivity index (χ2v) is 7.63. The molecule has 0 bridgehead atoms. The fraction of sp³-hybridized carbons (Fsp3) is 0.250. The summed E-state index contributed by atoms with van der Waals surface area (Å²) in [6.07, 6.45) is 1.80. The highest BCUT2D eigenvalue weighted by Crippen LogP contribution is 2.24. The van der Waals surface area contributed by atoms with Gasteiger partial charge in [0.2, 0.25) is 5.01 Å². The Bertz CT molecular complexity index is 1120. The van der Waals surface area contributed by atoms with E-state index in [0.717, 1.165) is 16.9 Å². The van der Waals surface area contributed by atoms with Crippen LogP contribution in [0.3, 0.4) is 0 Å². The van der Waals surface area contributed by atoms with E-state index in [0.29, 0.717) is 22.8 Å². The molecule has 0 saturated carbocycles. The largest absolute Gasteiger partial charge is 0.461 e. The van der Waals surface area contributed by atoms with Crippen LogP contribution in [0.2, 0.25) is 5.02 Å². The Balaban J connectivity index is 1.61. The van der Waals surface area contributed by atoms with Crippen LogP contribution in [0.25, 0.3) is 11.3 Å². The number of nitrogens with one attached hydrogen (secondary N) is 1. The van der Waals surface area contributed by atoms with Crippen molar-refractivity contribution in [1.29, 1.82) is 5.26 Å². The lowest BCUT2D eigenvalue weighted by Gasteiger charge is -2.13. The van der Waals surface area contributed by atoms with Crippen molar-refractivity contribution >= 4 is 34.8 Å². The molecule has 10 heteroatoms. The summed E-state index contributed by atoms with van der Waals surface area (Å²) in [6.45, 7) is 4.23. The number of hydrogen-bond acceptors (Lipinski definition) is 7. The van der Waals surface area contributed by atoms with Crippen molar-refractivity contribution < 1.29 is 14.3 Å². The van der Waals surface area contributed by atoms with E-state index in [9.17, 15) is 9.59 Å². The molecule has 0 fully saturated rings. The molecular formula is C20H18ClN5O3S. The predicted octanol–water partition coefficient (Wildman–Crippen LogP) is 3.53. The van der Waals surface area contributed by atoms with Gasteiger partial charge in [-0.2, -0.15) is 10.4 Å². The van der Waals surface area contributed by atoms with Gasteiger partial charge in [-0.25, -0.2) is 9.78 Å². The molecule has 0 aliphatic carbocycles. The normalized spacial score (nSPS) is 11.5. The first-order chi connectivity index (χ1) is 14.4. The van der Waals surface area contributed by atoms with Crippen molar-refractivity contribution in [2.45, 2.75) is 26.4 Å². The number of benzene rings is 1. The molecule has 0 aliphatic heterocycles. The number of esters is 1. The molecule has 1 N–H and O–H groups in total. The SMILES string of the molecule is CCOC(=O)c1nc(C(=O)NC(C)Cn2ccc(-c3ccc(C#N)c(Cl)c3)n2)cs1. The minimum atomic E-state index is -0.540. The first kappa shape index (κ1) is 21.5. The highest BCUT2D eigenvalue weighted by atomic mass is 35.5. The van der Waals surface area contributed by atoms with E-state index in [2.05, 4.69) is 15.4 Å². The van der Waals surface area contributed by atoms with Crippen molar-refractivity contribution in [3.63, 3.8) is 0 Å². The monoisotopic (exact) mass is 443 g/mol. The number of thiazole rings is 1. The molecule has 154 valence electrons. The Morgan fingerprint density at radius 3 is 2.90 bits per heavy atom. The molecular weight excluding hydrogens is 426 g/mol. The second-order valence-electron chi connectivity index (χ2n) is 6.36. The first-order valence-corrected chi connectivity index (χ1v) is 10.3. The van der Waals surface area contributed by atoms with Gasteiger partial charge in [-0.3, -0.25) is 9.48 Å². The molecule has 1 aromatic carbocycles. The topological polar surface area (TPSA) is 110 Å². The van der Waals surface area contributed by atoms with Gasteiger partial charge >= 0.3 is 5.97 Å². The standard InChI is InChI=1S/C20H18ClN5O3S/c1-3-29-20(28)19-24-17(11-30-19)18(27)23-12(2)10-26-7-6-16(25-26)13-4-5-14(9-22)15(21)8-13/h4-8,11-12H,3,10H2,1-2H3,(H,23,27). The zero-order valence-electron chi connectivity index (χ0n) is 16.3. The van der Waals surface area contributed by atoms with Gasteiger partial charge in [0, 0.05) is 23.2 Å². The van der Waals surface area contributed by atoms with Crippen molar-refractivity contribution in [1.82, 2.24) is 20.1 Å². The Morgan fingerprint density at radius 1 is 1.40 bits per heavy atom. The lowest BCUT2D eigenvalue weighted by molar-refractivity contribution is 0.0526. The van der Waals surface area contributed by atoms with Crippen LogP contribution in [0.5, 0.6) is 0 Å². The number of carbonyl (C=O) groups excluding carboxylic acids is 2. The van der Waals surface area contributed by atoms with Gasteiger partial charge in [0.25, 0.3) is 5.91 Å². The van der Waals surface area contributed by atoms with Crippen LogP contribution >= 0.6 is 22.9 Å². The van der Waals surface area contributed by atoms with Crippen LogP contribution < -0.4 is 5.32 Å². The average molecular weight is 444 g/mol. The van der Waals surface area contributed by atoms with Crippen LogP contribution in [0.15, 0.2) is 35.8 Å². The molecule has 0 radical (unpaired) electrons. The quantitative estimate of drug-likeness (QED) is 0.559. The summed E-state index contributed by atoms with van der Waals surface area (Å²) in [5, 5.41) is 18.3. The van der Waals surface area contributed by atoms with E-state index in [1.165, 1.54) is 5.38 Å². The van der Waals surface area contributed by atoms with Gasteiger partial charge in [0.1, 0.15) is 11.8 Å². The smallest absolute Gasteiger partial charge is 0.367 e. The molecule has 1 atom stereocenters. The zero-order chi connectivity index (χ0) is 21.7. The lowest BCUT2D eigenvalue weighted by Crippen LogP contribution is -2.36. The summed E-state index contributed by atoms with van der Waals surface area (Å²) in [6, 6.07) is 8.75. The van der Waals surface area contributed by atoms with Gasteiger partial charge in [-0.1, -0.05) is 17.7 Å². The summed E-state index contributed by atoms with van der Waals surface area (Å²) in [7, 11) is 0. The zero-order valence-corrected chi connectivity index (χ0v) is 17.8. The van der Waals surface area contributed by atoms with Crippen molar-refractivity contribution in [3.8, 4) is 17.3 Å². The predicted molar refractivity (Wildman–Crippen MR) is 112 cm³/mol. The first-order valence-electron chi connectivity index (χ1n) is 9.08. The molecule has 3 aromatic rings. The van der Waals surface area contributed by atoms with Crippen LogP contribution in [0.4, 0.5) is 0 Å². The number of nitriles is 1. The third-order valence-electron chi connectivity index (χ3n) is 4.05. The number of rotatable bonds is 7. The molecule has 3 rings (SSSR count). The number of halogens is 1. The highest BCUT2D eigenvalue weighted by molar-refractivity contribution is 7.11. The third kappa shape index (κ3) is 5.03. The van der Waals surface area contributed by atoms with E-state index < -0.39 is 5.97 Å². The molecule has 30 heavy (non-hydrogen) atoms. The Hall–Kier alpha value is -3.22. The number of amides is 1. The van der Waals surface area contributed by atoms with Crippen LogP contribution in [0.1, 0.15) is 39.7 Å². The van der Waals surface area contributed by atoms with Crippen molar-refractivity contribution in [3.05, 3.63) is 57.1 Å². The number of nitrogens with zero attached hydrogens (tertiary/aromatic N) is 4. The molecule has 0 aliphatic rings. The van der Waals surface area contributed by atoms with E-state index in [-0.39, 0.29) is 29.3 Å². The van der Waals surface area contributed by atoms with Gasteiger partial charge in [-0.05, 0) is 32.0 Å². The molecule has 1 unspecified atom stereocenters. The maximum atomic E-state index is 12.4. The van der Waals surface area contributed by atoms with Gasteiger partial charge in [-0.15, -0.1) is 11.3 Å². The minimum absolute atomic E-state index is 0.146.